The van der Waals surface area contributed by atoms with Gasteiger partial charge in [-0.15, -0.1) is 0 Å². The van der Waals surface area contributed by atoms with Crippen molar-refractivity contribution in [2.75, 3.05) is 23.4 Å². The second-order valence-corrected chi connectivity index (χ2v) is 6.60. The fourth-order valence-electron chi connectivity index (χ4n) is 3.40. The standard InChI is InChI=1S/C21H20N2O3/c1-14-11-17(8-9-18(14)23-10-4-7-20(23)24)22-21(25)16-12-15-5-2-3-6-19(15)26-13-16/h2-3,5-6,8-9,11-12H,4,7,10,13H2,1H3,(H,22,25). The molecule has 0 spiro atoms. The Labute approximate surface area is 152 Å². The Morgan fingerprint density at radius 2 is 2.04 bits per heavy atom. The highest BCUT2D eigenvalue weighted by Crippen LogP contribution is 2.29. The van der Waals surface area contributed by atoms with Crippen LogP contribution in [0.5, 0.6) is 5.75 Å². The molecule has 0 bridgehead atoms. The van der Waals surface area contributed by atoms with Gasteiger partial charge in [-0.3, -0.25) is 9.59 Å². The SMILES string of the molecule is Cc1cc(NC(=O)C2=Cc3ccccc3OC2)ccc1N1CCCC1=O. The minimum atomic E-state index is -0.177. The van der Waals surface area contributed by atoms with Crippen molar-refractivity contribution in [2.45, 2.75) is 19.8 Å². The zero-order chi connectivity index (χ0) is 18.1. The van der Waals surface area contributed by atoms with Gasteiger partial charge >= 0.3 is 0 Å². The molecule has 2 aliphatic heterocycles. The van der Waals surface area contributed by atoms with Crippen molar-refractivity contribution in [2.24, 2.45) is 0 Å². The summed E-state index contributed by atoms with van der Waals surface area (Å²) in [6.45, 7) is 2.97. The Morgan fingerprint density at radius 1 is 1.19 bits per heavy atom. The van der Waals surface area contributed by atoms with Gasteiger partial charge in [0.25, 0.3) is 5.91 Å². The van der Waals surface area contributed by atoms with E-state index in [0.717, 1.165) is 35.5 Å². The van der Waals surface area contributed by atoms with Gasteiger partial charge in [-0.25, -0.2) is 0 Å². The lowest BCUT2D eigenvalue weighted by Crippen LogP contribution is -2.25. The number of amides is 2. The summed E-state index contributed by atoms with van der Waals surface area (Å²) in [6, 6.07) is 13.3. The molecule has 1 N–H and O–H groups in total. The fourth-order valence-corrected chi connectivity index (χ4v) is 3.40. The summed E-state index contributed by atoms with van der Waals surface area (Å²) in [5.74, 6) is 0.775. The molecule has 0 unspecified atom stereocenters. The summed E-state index contributed by atoms with van der Waals surface area (Å²) >= 11 is 0. The van der Waals surface area contributed by atoms with E-state index < -0.39 is 0 Å². The van der Waals surface area contributed by atoms with Crippen LogP contribution >= 0.6 is 0 Å². The van der Waals surface area contributed by atoms with Gasteiger partial charge in [0.05, 0.1) is 5.57 Å². The molecule has 2 heterocycles. The van der Waals surface area contributed by atoms with E-state index in [4.69, 9.17) is 4.74 Å². The van der Waals surface area contributed by atoms with Crippen LogP contribution in [0.25, 0.3) is 6.08 Å². The largest absolute Gasteiger partial charge is 0.488 e. The van der Waals surface area contributed by atoms with E-state index in [-0.39, 0.29) is 18.4 Å². The number of para-hydroxylation sites is 1. The van der Waals surface area contributed by atoms with E-state index in [2.05, 4.69) is 5.32 Å². The van der Waals surface area contributed by atoms with Crippen LogP contribution in [0.2, 0.25) is 0 Å². The topological polar surface area (TPSA) is 58.6 Å². The van der Waals surface area contributed by atoms with Crippen LogP contribution in [-0.4, -0.2) is 25.0 Å². The molecule has 5 nitrogen and oxygen atoms in total. The number of fused-ring (bicyclic) bond motifs is 1. The molecule has 2 aromatic rings. The first-order valence-electron chi connectivity index (χ1n) is 8.76. The summed E-state index contributed by atoms with van der Waals surface area (Å²) in [4.78, 5) is 26.3. The predicted octanol–water partition coefficient (Wildman–Crippen LogP) is 3.54. The van der Waals surface area contributed by atoms with Gasteiger partial charge < -0.3 is 15.0 Å². The third kappa shape index (κ3) is 3.08. The van der Waals surface area contributed by atoms with E-state index >= 15 is 0 Å². The number of nitrogens with zero attached hydrogens (tertiary/aromatic N) is 1. The van der Waals surface area contributed by atoms with Crippen molar-refractivity contribution >= 4 is 29.3 Å². The Kier molecular flexibility index (Phi) is 4.21. The normalized spacial score (nSPS) is 16.0. The van der Waals surface area contributed by atoms with E-state index in [9.17, 15) is 9.59 Å². The number of carbonyl (C=O) groups excluding carboxylic acids is 2. The van der Waals surface area contributed by atoms with E-state index in [0.29, 0.717) is 17.7 Å². The molecule has 2 aromatic carbocycles. The smallest absolute Gasteiger partial charge is 0.255 e. The Bertz CT molecular complexity index is 917. The zero-order valence-electron chi connectivity index (χ0n) is 14.6. The van der Waals surface area contributed by atoms with Crippen molar-refractivity contribution < 1.29 is 14.3 Å². The molecule has 0 atom stereocenters. The number of anilines is 2. The Hall–Kier alpha value is -3.08. The summed E-state index contributed by atoms with van der Waals surface area (Å²) in [5, 5.41) is 2.92. The third-order valence-corrected chi connectivity index (χ3v) is 4.74. The number of ether oxygens (including phenoxy) is 1. The highest BCUT2D eigenvalue weighted by Gasteiger charge is 2.23. The summed E-state index contributed by atoms with van der Waals surface area (Å²) in [7, 11) is 0. The van der Waals surface area contributed by atoms with E-state index in [1.807, 2.05) is 60.4 Å². The Balaban J connectivity index is 1.51. The van der Waals surface area contributed by atoms with Crippen LogP contribution < -0.4 is 15.0 Å². The molecule has 0 aromatic heterocycles. The first-order valence-corrected chi connectivity index (χ1v) is 8.76. The summed E-state index contributed by atoms with van der Waals surface area (Å²) in [6.07, 6.45) is 3.36. The lowest BCUT2D eigenvalue weighted by Gasteiger charge is -2.20. The average molecular weight is 348 g/mol. The maximum Gasteiger partial charge on any atom is 0.255 e. The molecular weight excluding hydrogens is 328 g/mol. The molecule has 1 fully saturated rings. The molecule has 0 aliphatic carbocycles. The summed E-state index contributed by atoms with van der Waals surface area (Å²) < 4.78 is 5.64. The van der Waals surface area contributed by atoms with Crippen LogP contribution in [0, 0.1) is 6.92 Å². The van der Waals surface area contributed by atoms with Crippen LogP contribution in [0.1, 0.15) is 24.0 Å². The number of hydrogen-bond acceptors (Lipinski definition) is 3. The lowest BCUT2D eigenvalue weighted by atomic mass is 10.1. The monoisotopic (exact) mass is 348 g/mol. The molecule has 1 saturated heterocycles. The number of benzene rings is 2. The number of carbonyl (C=O) groups is 2. The minimum absolute atomic E-state index is 0.160. The molecule has 26 heavy (non-hydrogen) atoms. The number of hydrogen-bond donors (Lipinski definition) is 1. The third-order valence-electron chi connectivity index (χ3n) is 4.74. The molecule has 2 aliphatic rings. The van der Waals surface area contributed by atoms with Crippen LogP contribution in [-0.2, 0) is 9.59 Å². The van der Waals surface area contributed by atoms with Crippen LogP contribution in [0.15, 0.2) is 48.0 Å². The maximum atomic E-state index is 12.6. The van der Waals surface area contributed by atoms with Crippen molar-refractivity contribution in [3.8, 4) is 5.75 Å². The Morgan fingerprint density at radius 3 is 2.81 bits per heavy atom. The number of rotatable bonds is 3. The van der Waals surface area contributed by atoms with E-state index in [1.165, 1.54) is 0 Å². The first kappa shape index (κ1) is 16.4. The van der Waals surface area contributed by atoms with E-state index in [1.54, 1.807) is 0 Å². The molecule has 0 radical (unpaired) electrons. The van der Waals surface area contributed by atoms with Gasteiger partial charge in [-0.1, -0.05) is 18.2 Å². The van der Waals surface area contributed by atoms with Crippen molar-refractivity contribution in [3.63, 3.8) is 0 Å². The second-order valence-electron chi connectivity index (χ2n) is 6.60. The second kappa shape index (κ2) is 6.67. The molecule has 4 rings (SSSR count). The number of aryl methyl sites for hydroxylation is 1. The van der Waals surface area contributed by atoms with Gasteiger partial charge in [0.15, 0.2) is 0 Å². The van der Waals surface area contributed by atoms with Crippen LogP contribution in [0.3, 0.4) is 0 Å². The van der Waals surface area contributed by atoms with Gasteiger partial charge in [-0.05, 0) is 49.2 Å². The highest BCUT2D eigenvalue weighted by molar-refractivity contribution is 6.07. The van der Waals surface area contributed by atoms with Crippen molar-refractivity contribution in [3.05, 3.63) is 59.2 Å². The maximum absolute atomic E-state index is 12.6. The molecule has 2 amide bonds. The van der Waals surface area contributed by atoms with Crippen LogP contribution in [0.4, 0.5) is 11.4 Å². The average Bonchev–Trinajstić information content (AvgIpc) is 3.07. The predicted molar refractivity (Wildman–Crippen MR) is 101 cm³/mol. The number of nitrogens with one attached hydrogen (secondary N) is 1. The van der Waals surface area contributed by atoms with Crippen molar-refractivity contribution in [1.29, 1.82) is 0 Å². The fraction of sp³-hybridized carbons (Fsp3) is 0.238. The molecular formula is C21H20N2O3. The molecule has 5 heteroatoms. The zero-order valence-corrected chi connectivity index (χ0v) is 14.6. The molecule has 132 valence electrons. The quantitative estimate of drug-likeness (QED) is 0.923. The highest BCUT2D eigenvalue weighted by atomic mass is 16.5. The van der Waals surface area contributed by atoms with Gasteiger partial charge in [-0.2, -0.15) is 0 Å². The molecule has 0 saturated carbocycles. The first-order chi connectivity index (χ1) is 12.6. The van der Waals surface area contributed by atoms with Gasteiger partial charge in [0.2, 0.25) is 5.91 Å². The van der Waals surface area contributed by atoms with Crippen molar-refractivity contribution in [1.82, 2.24) is 0 Å². The lowest BCUT2D eigenvalue weighted by molar-refractivity contribution is -0.117. The van der Waals surface area contributed by atoms with Gasteiger partial charge in [0.1, 0.15) is 12.4 Å². The summed E-state index contributed by atoms with van der Waals surface area (Å²) in [5.41, 5.74) is 4.09. The van der Waals surface area contributed by atoms with Gasteiger partial charge in [0, 0.05) is 29.9 Å². The minimum Gasteiger partial charge on any atom is -0.488 e.